The third kappa shape index (κ3) is 4.89. The van der Waals surface area contributed by atoms with Gasteiger partial charge >= 0.3 is 5.97 Å². The molecule has 2 atom stereocenters. The van der Waals surface area contributed by atoms with Crippen LogP contribution >= 0.6 is 0 Å². The minimum Gasteiger partial charge on any atom is -0.488 e. The second kappa shape index (κ2) is 8.41. The number of hydrogen-bond donors (Lipinski definition) is 1. The molecule has 1 heterocycles. The SMILES string of the molecule is C#CN1[C@H](CCO)CC[C@H]1COc1cccc(C(=O)OC(C)(C)C)c1F. The van der Waals surface area contributed by atoms with Crippen LogP contribution in [-0.4, -0.2) is 46.9 Å². The van der Waals surface area contributed by atoms with Crippen LogP contribution in [0.5, 0.6) is 5.75 Å². The predicted octanol–water partition coefficient (Wildman–Crippen LogP) is 2.97. The molecule has 1 aliphatic heterocycles. The van der Waals surface area contributed by atoms with Crippen LogP contribution < -0.4 is 4.74 Å². The molecule has 0 unspecified atom stereocenters. The van der Waals surface area contributed by atoms with Crippen LogP contribution in [-0.2, 0) is 4.74 Å². The molecule has 2 rings (SSSR count). The zero-order valence-electron chi connectivity index (χ0n) is 15.5. The first kappa shape index (κ1) is 20.1. The van der Waals surface area contributed by atoms with Gasteiger partial charge in [0.15, 0.2) is 11.6 Å². The molecule has 0 spiro atoms. The van der Waals surface area contributed by atoms with Crippen molar-refractivity contribution in [2.24, 2.45) is 0 Å². The van der Waals surface area contributed by atoms with Crippen molar-refractivity contribution in [1.82, 2.24) is 4.90 Å². The third-order valence-electron chi connectivity index (χ3n) is 4.24. The van der Waals surface area contributed by atoms with Gasteiger partial charge in [0.2, 0.25) is 0 Å². The second-order valence-corrected chi connectivity index (χ2v) is 7.36. The Hall–Kier alpha value is -2.26. The topological polar surface area (TPSA) is 59.0 Å². The number of carbonyl (C=O) groups excluding carboxylic acids is 1. The monoisotopic (exact) mass is 363 g/mol. The summed E-state index contributed by atoms with van der Waals surface area (Å²) in [7, 11) is 0. The maximum absolute atomic E-state index is 14.6. The van der Waals surface area contributed by atoms with Gasteiger partial charge in [0.25, 0.3) is 0 Å². The van der Waals surface area contributed by atoms with E-state index in [1.54, 1.807) is 26.8 Å². The van der Waals surface area contributed by atoms with E-state index >= 15 is 0 Å². The summed E-state index contributed by atoms with van der Waals surface area (Å²) in [5, 5.41) is 9.11. The Kier molecular flexibility index (Phi) is 6.49. The van der Waals surface area contributed by atoms with E-state index in [0.29, 0.717) is 6.42 Å². The van der Waals surface area contributed by atoms with Gasteiger partial charge in [-0.1, -0.05) is 12.5 Å². The normalized spacial score (nSPS) is 19.9. The number of carbonyl (C=O) groups is 1. The molecule has 0 aromatic heterocycles. The van der Waals surface area contributed by atoms with Crippen molar-refractivity contribution in [2.75, 3.05) is 13.2 Å². The molecule has 1 aromatic rings. The lowest BCUT2D eigenvalue weighted by molar-refractivity contribution is 0.00637. The second-order valence-electron chi connectivity index (χ2n) is 7.36. The van der Waals surface area contributed by atoms with Gasteiger partial charge in [0.1, 0.15) is 12.2 Å². The molecule has 142 valence electrons. The average Bonchev–Trinajstić information content (AvgIpc) is 2.94. The summed E-state index contributed by atoms with van der Waals surface area (Å²) in [5.74, 6) is -1.47. The fourth-order valence-corrected chi connectivity index (χ4v) is 3.07. The van der Waals surface area contributed by atoms with Gasteiger partial charge in [0.05, 0.1) is 11.6 Å². The Morgan fingerprint density at radius 3 is 2.69 bits per heavy atom. The number of hydrogen-bond acceptors (Lipinski definition) is 5. The smallest absolute Gasteiger partial charge is 0.341 e. The highest BCUT2D eigenvalue weighted by Gasteiger charge is 2.32. The van der Waals surface area contributed by atoms with E-state index in [4.69, 9.17) is 21.0 Å². The highest BCUT2D eigenvalue weighted by molar-refractivity contribution is 5.90. The minimum atomic E-state index is -0.737. The van der Waals surface area contributed by atoms with Gasteiger partial charge in [0, 0.05) is 18.7 Å². The highest BCUT2D eigenvalue weighted by Crippen LogP contribution is 2.28. The molecule has 1 aromatic carbocycles. The van der Waals surface area contributed by atoms with E-state index in [1.165, 1.54) is 12.1 Å². The number of halogens is 1. The summed E-state index contributed by atoms with van der Waals surface area (Å²) in [6.45, 7) is 5.45. The maximum atomic E-state index is 14.6. The Labute approximate surface area is 154 Å². The minimum absolute atomic E-state index is 0.00376. The molecule has 0 bridgehead atoms. The first-order valence-corrected chi connectivity index (χ1v) is 8.77. The first-order valence-electron chi connectivity index (χ1n) is 8.77. The lowest BCUT2D eigenvalue weighted by Crippen LogP contribution is -2.36. The number of esters is 1. The van der Waals surface area contributed by atoms with Crippen LogP contribution in [0.4, 0.5) is 4.39 Å². The van der Waals surface area contributed by atoms with Crippen molar-refractivity contribution >= 4 is 5.97 Å². The van der Waals surface area contributed by atoms with Crippen molar-refractivity contribution < 1.29 is 23.8 Å². The summed E-state index contributed by atoms with van der Waals surface area (Å²) in [6, 6.07) is 7.09. The molecule has 1 aliphatic rings. The number of aliphatic hydroxyl groups excluding tert-OH is 1. The van der Waals surface area contributed by atoms with Crippen LogP contribution in [0.2, 0.25) is 0 Å². The molecular formula is C20H26FNO4. The van der Waals surface area contributed by atoms with E-state index in [-0.39, 0.29) is 36.6 Å². The number of rotatable bonds is 6. The number of terminal acetylenes is 1. The molecule has 1 saturated heterocycles. The standard InChI is InChI=1S/C20H26FNO4/c1-5-22-14(11-12-23)9-10-15(22)13-25-17-8-6-7-16(18(17)21)19(24)26-20(2,3)4/h1,6-8,14-15,23H,9-13H2,2-4H3/t14-,15-/m0/s1. The highest BCUT2D eigenvalue weighted by atomic mass is 19.1. The number of likely N-dealkylation sites (tertiary alicyclic amines) is 1. The van der Waals surface area contributed by atoms with Crippen molar-refractivity contribution in [1.29, 1.82) is 0 Å². The van der Waals surface area contributed by atoms with Gasteiger partial charge in [-0.05, 0) is 52.2 Å². The Morgan fingerprint density at radius 1 is 1.38 bits per heavy atom. The van der Waals surface area contributed by atoms with Crippen LogP contribution in [0.25, 0.3) is 0 Å². The summed E-state index contributed by atoms with van der Waals surface area (Å²) in [6.07, 6.45) is 7.84. The molecule has 0 radical (unpaired) electrons. The van der Waals surface area contributed by atoms with Gasteiger partial charge in [-0.3, -0.25) is 0 Å². The Balaban J connectivity index is 2.06. The van der Waals surface area contributed by atoms with Gasteiger partial charge in [-0.25, -0.2) is 9.18 Å². The number of nitrogens with zero attached hydrogens (tertiary/aromatic N) is 1. The van der Waals surface area contributed by atoms with Gasteiger partial charge < -0.3 is 19.5 Å². The van der Waals surface area contributed by atoms with Crippen LogP contribution in [0, 0.1) is 18.3 Å². The number of benzene rings is 1. The molecule has 0 saturated carbocycles. The lowest BCUT2D eigenvalue weighted by atomic mass is 10.1. The summed E-state index contributed by atoms with van der Waals surface area (Å²) in [5.41, 5.74) is -0.866. The molecule has 6 heteroatoms. The van der Waals surface area contributed by atoms with Crippen molar-refractivity contribution in [3.8, 4) is 18.2 Å². The molecule has 26 heavy (non-hydrogen) atoms. The average molecular weight is 363 g/mol. The molecule has 5 nitrogen and oxygen atoms in total. The van der Waals surface area contributed by atoms with Crippen LogP contribution in [0.1, 0.15) is 50.4 Å². The molecule has 1 fully saturated rings. The first-order chi connectivity index (χ1) is 12.3. The number of aliphatic hydroxyl groups is 1. The maximum Gasteiger partial charge on any atom is 0.341 e. The molecule has 1 N–H and O–H groups in total. The fourth-order valence-electron chi connectivity index (χ4n) is 3.07. The van der Waals surface area contributed by atoms with E-state index in [0.717, 1.165) is 12.8 Å². The van der Waals surface area contributed by atoms with Gasteiger partial charge in [-0.15, -0.1) is 0 Å². The summed E-state index contributed by atoms with van der Waals surface area (Å²) < 4.78 is 25.5. The van der Waals surface area contributed by atoms with Crippen LogP contribution in [0.15, 0.2) is 18.2 Å². The Morgan fingerprint density at radius 2 is 2.08 bits per heavy atom. The molecule has 0 aliphatic carbocycles. The third-order valence-corrected chi connectivity index (χ3v) is 4.24. The van der Waals surface area contributed by atoms with E-state index < -0.39 is 17.4 Å². The summed E-state index contributed by atoms with van der Waals surface area (Å²) >= 11 is 0. The quantitative estimate of drug-likeness (QED) is 0.622. The predicted molar refractivity (Wildman–Crippen MR) is 96.2 cm³/mol. The fraction of sp³-hybridized carbons (Fsp3) is 0.550. The van der Waals surface area contributed by atoms with E-state index in [2.05, 4.69) is 6.04 Å². The zero-order chi connectivity index (χ0) is 19.3. The molecular weight excluding hydrogens is 337 g/mol. The van der Waals surface area contributed by atoms with Crippen molar-refractivity contribution in [3.05, 3.63) is 29.6 Å². The van der Waals surface area contributed by atoms with E-state index in [1.807, 2.05) is 4.90 Å². The summed E-state index contributed by atoms with van der Waals surface area (Å²) in [4.78, 5) is 14.0. The largest absolute Gasteiger partial charge is 0.488 e. The van der Waals surface area contributed by atoms with Gasteiger partial charge in [-0.2, -0.15) is 0 Å². The van der Waals surface area contributed by atoms with E-state index in [9.17, 15) is 9.18 Å². The van der Waals surface area contributed by atoms with Crippen molar-refractivity contribution in [2.45, 2.75) is 57.7 Å². The number of ether oxygens (including phenoxy) is 2. The lowest BCUT2D eigenvalue weighted by Gasteiger charge is -2.26. The Bertz CT molecular complexity index is 677. The van der Waals surface area contributed by atoms with Crippen molar-refractivity contribution in [3.63, 3.8) is 0 Å². The zero-order valence-corrected chi connectivity index (χ0v) is 15.5. The van der Waals surface area contributed by atoms with Crippen LogP contribution in [0.3, 0.4) is 0 Å². The molecule has 0 amide bonds.